The van der Waals surface area contributed by atoms with E-state index in [1.54, 1.807) is 6.08 Å². The third kappa shape index (κ3) is 9.01. The molecule has 0 heterocycles. The van der Waals surface area contributed by atoms with Gasteiger partial charge < -0.3 is 9.84 Å². The van der Waals surface area contributed by atoms with Crippen molar-refractivity contribution in [3.63, 3.8) is 0 Å². The van der Waals surface area contributed by atoms with Gasteiger partial charge in [0.05, 0.1) is 6.26 Å². The summed E-state index contributed by atoms with van der Waals surface area (Å²) in [6.45, 7) is 2.12. The number of ether oxygens (including phenoxy) is 1. The van der Waals surface area contributed by atoms with Crippen molar-refractivity contribution in [3.05, 3.63) is 12.3 Å². The highest BCUT2D eigenvalue weighted by Crippen LogP contribution is 1.99. The first-order chi connectivity index (χ1) is 5.27. The Morgan fingerprint density at radius 1 is 1.55 bits per heavy atom. The summed E-state index contributed by atoms with van der Waals surface area (Å²) in [6, 6.07) is 0. The molecule has 3 nitrogen and oxygen atoms in total. The van der Waals surface area contributed by atoms with Crippen molar-refractivity contribution >= 4 is 6.16 Å². The van der Waals surface area contributed by atoms with Crippen LogP contribution in [0.1, 0.15) is 32.6 Å². The second-order valence-electron chi connectivity index (χ2n) is 2.25. The Morgan fingerprint density at radius 2 is 2.27 bits per heavy atom. The molecule has 0 aliphatic heterocycles. The molecule has 0 atom stereocenters. The summed E-state index contributed by atoms with van der Waals surface area (Å²) in [5.74, 6) is 0. The van der Waals surface area contributed by atoms with Crippen molar-refractivity contribution in [3.8, 4) is 0 Å². The first-order valence-electron chi connectivity index (χ1n) is 3.82. The summed E-state index contributed by atoms with van der Waals surface area (Å²) in [4.78, 5) is 9.81. The van der Waals surface area contributed by atoms with Gasteiger partial charge in [-0.15, -0.1) is 0 Å². The molecular formula is C8H14O3. The van der Waals surface area contributed by atoms with Gasteiger partial charge in [0, 0.05) is 0 Å². The highest BCUT2D eigenvalue weighted by Gasteiger charge is 1.88. The van der Waals surface area contributed by atoms with Crippen molar-refractivity contribution in [2.45, 2.75) is 32.6 Å². The van der Waals surface area contributed by atoms with Gasteiger partial charge in [0.15, 0.2) is 0 Å². The smallest absolute Gasteiger partial charge is 0.449 e. The van der Waals surface area contributed by atoms with Crippen LogP contribution in [0.15, 0.2) is 12.3 Å². The molecule has 0 saturated heterocycles. The predicted molar refractivity (Wildman–Crippen MR) is 42.4 cm³/mol. The van der Waals surface area contributed by atoms with E-state index in [0.717, 1.165) is 12.8 Å². The van der Waals surface area contributed by atoms with Gasteiger partial charge in [-0.2, -0.15) is 0 Å². The molecular weight excluding hydrogens is 144 g/mol. The zero-order chi connectivity index (χ0) is 8.53. The Labute approximate surface area is 66.7 Å². The monoisotopic (exact) mass is 158 g/mol. The van der Waals surface area contributed by atoms with E-state index in [9.17, 15) is 4.79 Å². The maximum absolute atomic E-state index is 9.81. The van der Waals surface area contributed by atoms with Gasteiger partial charge in [-0.05, 0) is 18.9 Å². The van der Waals surface area contributed by atoms with Gasteiger partial charge in [0.25, 0.3) is 0 Å². The van der Waals surface area contributed by atoms with Gasteiger partial charge in [-0.25, -0.2) is 4.79 Å². The van der Waals surface area contributed by atoms with E-state index in [1.165, 1.54) is 19.1 Å². The molecule has 0 aromatic carbocycles. The molecule has 3 heteroatoms. The van der Waals surface area contributed by atoms with Crippen LogP contribution in [0.25, 0.3) is 0 Å². The Morgan fingerprint density at radius 3 is 2.82 bits per heavy atom. The summed E-state index contributed by atoms with van der Waals surface area (Å²) in [7, 11) is 0. The highest BCUT2D eigenvalue weighted by atomic mass is 16.7. The number of hydrogen-bond acceptors (Lipinski definition) is 2. The van der Waals surface area contributed by atoms with Crippen molar-refractivity contribution in [1.82, 2.24) is 0 Å². The Bertz CT molecular complexity index is 129. The van der Waals surface area contributed by atoms with E-state index in [4.69, 9.17) is 5.11 Å². The molecule has 0 fully saturated rings. The summed E-state index contributed by atoms with van der Waals surface area (Å²) in [5.41, 5.74) is 0. The van der Waals surface area contributed by atoms with Gasteiger partial charge >= 0.3 is 6.16 Å². The molecule has 0 radical (unpaired) electrons. The molecule has 0 saturated carbocycles. The van der Waals surface area contributed by atoms with E-state index < -0.39 is 6.16 Å². The number of rotatable bonds is 5. The van der Waals surface area contributed by atoms with E-state index in [0.29, 0.717) is 0 Å². The Balaban J connectivity index is 3.10. The van der Waals surface area contributed by atoms with Gasteiger partial charge in [-0.1, -0.05) is 19.8 Å². The van der Waals surface area contributed by atoms with Gasteiger partial charge in [-0.3, -0.25) is 0 Å². The lowest BCUT2D eigenvalue weighted by Crippen LogP contribution is -1.91. The average molecular weight is 158 g/mol. The molecule has 0 spiro atoms. The van der Waals surface area contributed by atoms with E-state index >= 15 is 0 Å². The molecule has 0 amide bonds. The summed E-state index contributed by atoms with van der Waals surface area (Å²) in [5, 5.41) is 8.04. The molecule has 0 aromatic heterocycles. The van der Waals surface area contributed by atoms with Crippen LogP contribution in [0.5, 0.6) is 0 Å². The normalized spacial score (nSPS) is 10.3. The average Bonchev–Trinajstić information content (AvgIpc) is 1.96. The molecule has 0 bridgehead atoms. The minimum Gasteiger partial charge on any atom is -0.449 e. The molecule has 0 aromatic rings. The second kappa shape index (κ2) is 7.12. The van der Waals surface area contributed by atoms with Gasteiger partial charge in [0.2, 0.25) is 0 Å². The third-order valence-corrected chi connectivity index (χ3v) is 1.24. The number of allylic oxidation sites excluding steroid dienone is 1. The van der Waals surface area contributed by atoms with Crippen LogP contribution in [-0.2, 0) is 4.74 Å². The predicted octanol–water partition coefficient (Wildman–Crippen LogP) is 2.78. The van der Waals surface area contributed by atoms with Crippen LogP contribution in [-0.4, -0.2) is 11.3 Å². The molecule has 1 N–H and O–H groups in total. The standard InChI is InChI=1S/C8H14O3/c1-2-3-4-5-6-7-11-8(9)10/h6-7H,2-5H2,1H3,(H,9,10). The molecule has 0 aliphatic carbocycles. The minimum absolute atomic E-state index is 0.890. The largest absolute Gasteiger partial charge is 0.510 e. The summed E-state index contributed by atoms with van der Waals surface area (Å²) in [6.07, 6.45) is 6.03. The second-order valence-corrected chi connectivity index (χ2v) is 2.25. The number of unbranched alkanes of at least 4 members (excludes halogenated alkanes) is 3. The van der Waals surface area contributed by atoms with E-state index in [1.807, 2.05) is 0 Å². The van der Waals surface area contributed by atoms with Crippen molar-refractivity contribution < 1.29 is 14.6 Å². The van der Waals surface area contributed by atoms with Crippen LogP contribution in [0.3, 0.4) is 0 Å². The fraction of sp³-hybridized carbons (Fsp3) is 0.625. The van der Waals surface area contributed by atoms with Crippen LogP contribution >= 0.6 is 0 Å². The Kier molecular flexibility index (Phi) is 6.48. The fourth-order valence-corrected chi connectivity index (χ4v) is 0.687. The molecule has 0 rings (SSSR count). The number of carboxylic acid groups (broad SMARTS) is 1. The van der Waals surface area contributed by atoms with Crippen LogP contribution in [0.4, 0.5) is 4.79 Å². The van der Waals surface area contributed by atoms with Crippen LogP contribution in [0.2, 0.25) is 0 Å². The first-order valence-corrected chi connectivity index (χ1v) is 3.82. The maximum atomic E-state index is 9.81. The summed E-state index contributed by atoms with van der Waals surface area (Å²) >= 11 is 0. The SMILES string of the molecule is CCCCCC=COC(=O)O. The molecule has 0 aliphatic rings. The number of carbonyl (C=O) groups is 1. The lowest BCUT2D eigenvalue weighted by atomic mass is 10.2. The molecule has 11 heavy (non-hydrogen) atoms. The van der Waals surface area contributed by atoms with Crippen LogP contribution in [0, 0.1) is 0 Å². The topological polar surface area (TPSA) is 46.5 Å². The third-order valence-electron chi connectivity index (χ3n) is 1.24. The zero-order valence-corrected chi connectivity index (χ0v) is 6.75. The quantitative estimate of drug-likeness (QED) is 0.380. The fourth-order valence-electron chi connectivity index (χ4n) is 0.687. The highest BCUT2D eigenvalue weighted by molar-refractivity contribution is 5.57. The van der Waals surface area contributed by atoms with E-state index in [-0.39, 0.29) is 0 Å². The summed E-state index contributed by atoms with van der Waals surface area (Å²) < 4.78 is 4.16. The van der Waals surface area contributed by atoms with Crippen molar-refractivity contribution in [2.24, 2.45) is 0 Å². The number of hydrogen-bond donors (Lipinski definition) is 1. The van der Waals surface area contributed by atoms with Gasteiger partial charge in [0.1, 0.15) is 0 Å². The van der Waals surface area contributed by atoms with E-state index in [2.05, 4.69) is 11.7 Å². The molecule has 64 valence electrons. The maximum Gasteiger partial charge on any atom is 0.510 e. The van der Waals surface area contributed by atoms with Crippen molar-refractivity contribution in [1.29, 1.82) is 0 Å². The first kappa shape index (κ1) is 10.0. The zero-order valence-electron chi connectivity index (χ0n) is 6.75. The lowest BCUT2D eigenvalue weighted by molar-refractivity contribution is 0.128. The lowest BCUT2D eigenvalue weighted by Gasteiger charge is -1.91. The Hall–Kier alpha value is -0.990. The van der Waals surface area contributed by atoms with Crippen LogP contribution < -0.4 is 0 Å². The molecule has 0 unspecified atom stereocenters. The van der Waals surface area contributed by atoms with Crippen molar-refractivity contribution in [2.75, 3.05) is 0 Å². The minimum atomic E-state index is -1.25.